The Morgan fingerprint density at radius 2 is 1.95 bits per heavy atom. The number of nitrogens with zero attached hydrogens (tertiary/aromatic N) is 1. The maximum absolute atomic E-state index is 12.9. The molecule has 1 heterocycles. The van der Waals surface area contributed by atoms with Gasteiger partial charge in [0, 0.05) is 6.54 Å². The highest BCUT2D eigenvalue weighted by Gasteiger charge is 2.32. The van der Waals surface area contributed by atoms with Crippen molar-refractivity contribution < 1.29 is 13.2 Å². The van der Waals surface area contributed by atoms with Crippen molar-refractivity contribution in [1.82, 2.24) is 10.2 Å². The van der Waals surface area contributed by atoms with E-state index in [4.69, 9.17) is 0 Å². The number of likely N-dealkylation sites (tertiary alicyclic amines) is 1. The lowest BCUT2D eigenvalue weighted by Gasteiger charge is -2.34. The summed E-state index contributed by atoms with van der Waals surface area (Å²) in [6, 6.07) is 5.82. The molecule has 0 bridgehead atoms. The molecule has 2 nitrogen and oxygen atoms in total. The van der Waals surface area contributed by atoms with Crippen molar-refractivity contribution in [3.8, 4) is 0 Å². The van der Waals surface area contributed by atoms with Crippen LogP contribution in [0.5, 0.6) is 0 Å². The number of nitrogens with one attached hydrogen (secondary N) is 1. The van der Waals surface area contributed by atoms with Crippen LogP contribution in [-0.4, -0.2) is 38.6 Å². The summed E-state index contributed by atoms with van der Waals surface area (Å²) in [6.45, 7) is 2.75. The summed E-state index contributed by atoms with van der Waals surface area (Å²) in [7, 11) is 3.95. The molecule has 0 aromatic heterocycles. The largest absolute Gasteiger partial charge is 0.416 e. The van der Waals surface area contributed by atoms with Crippen molar-refractivity contribution >= 4 is 0 Å². The Balaban J connectivity index is 2.21. The number of piperidine rings is 1. The van der Waals surface area contributed by atoms with Crippen molar-refractivity contribution in [3.05, 3.63) is 35.4 Å². The molecule has 1 aromatic rings. The van der Waals surface area contributed by atoms with Crippen LogP contribution < -0.4 is 5.32 Å². The fourth-order valence-corrected chi connectivity index (χ4v) is 3.15. The van der Waals surface area contributed by atoms with E-state index in [9.17, 15) is 13.2 Å². The van der Waals surface area contributed by atoms with Gasteiger partial charge in [-0.2, -0.15) is 13.2 Å². The van der Waals surface area contributed by atoms with Gasteiger partial charge in [0.2, 0.25) is 0 Å². The van der Waals surface area contributed by atoms with Gasteiger partial charge in [0.15, 0.2) is 0 Å². The molecule has 1 aliphatic heterocycles. The zero-order chi connectivity index (χ0) is 15.5. The van der Waals surface area contributed by atoms with E-state index in [0.29, 0.717) is 5.92 Å². The van der Waals surface area contributed by atoms with Gasteiger partial charge in [-0.05, 0) is 63.5 Å². The number of halogens is 3. The monoisotopic (exact) mass is 300 g/mol. The molecule has 1 fully saturated rings. The highest BCUT2D eigenvalue weighted by molar-refractivity contribution is 5.29. The van der Waals surface area contributed by atoms with Crippen LogP contribution in [0.25, 0.3) is 0 Å². The predicted molar refractivity (Wildman–Crippen MR) is 78.3 cm³/mol. The van der Waals surface area contributed by atoms with Gasteiger partial charge in [0.25, 0.3) is 0 Å². The molecule has 0 spiro atoms. The summed E-state index contributed by atoms with van der Waals surface area (Å²) in [5.41, 5.74) is 0.253. The first kappa shape index (κ1) is 16.3. The van der Waals surface area contributed by atoms with Gasteiger partial charge in [-0.3, -0.25) is 0 Å². The second-order valence-electron chi connectivity index (χ2n) is 5.93. The van der Waals surface area contributed by atoms with Gasteiger partial charge in [0.1, 0.15) is 0 Å². The van der Waals surface area contributed by atoms with Crippen molar-refractivity contribution in [2.75, 3.05) is 33.7 Å². The summed E-state index contributed by atoms with van der Waals surface area (Å²) in [5, 5.41) is 3.14. The van der Waals surface area contributed by atoms with E-state index in [-0.39, 0.29) is 5.92 Å². The molecular weight excluding hydrogens is 277 g/mol. The lowest BCUT2D eigenvalue weighted by atomic mass is 9.79. The van der Waals surface area contributed by atoms with Crippen molar-refractivity contribution in [2.45, 2.75) is 24.9 Å². The van der Waals surface area contributed by atoms with Crippen molar-refractivity contribution in [3.63, 3.8) is 0 Å². The van der Waals surface area contributed by atoms with E-state index < -0.39 is 11.7 Å². The maximum Gasteiger partial charge on any atom is 0.416 e. The number of hydrogen-bond donors (Lipinski definition) is 1. The van der Waals surface area contributed by atoms with Crippen LogP contribution in [0, 0.1) is 5.92 Å². The summed E-state index contributed by atoms with van der Waals surface area (Å²) >= 11 is 0. The lowest BCUT2D eigenvalue weighted by Crippen LogP contribution is -2.35. The minimum absolute atomic E-state index is 0.144. The Bertz CT molecular complexity index is 451. The molecule has 1 aromatic carbocycles. The van der Waals surface area contributed by atoms with E-state index in [2.05, 4.69) is 17.3 Å². The zero-order valence-electron chi connectivity index (χ0n) is 12.6. The van der Waals surface area contributed by atoms with E-state index in [0.717, 1.165) is 44.1 Å². The average molecular weight is 300 g/mol. The molecule has 2 rings (SSSR count). The quantitative estimate of drug-likeness (QED) is 0.917. The second kappa shape index (κ2) is 6.79. The molecule has 0 amide bonds. The fourth-order valence-electron chi connectivity index (χ4n) is 3.15. The van der Waals surface area contributed by atoms with E-state index in [1.165, 1.54) is 12.1 Å². The highest BCUT2D eigenvalue weighted by atomic mass is 19.4. The van der Waals surface area contributed by atoms with E-state index in [1.54, 1.807) is 0 Å². The summed E-state index contributed by atoms with van der Waals surface area (Å²) in [6.07, 6.45) is -2.19. The Kier molecular flexibility index (Phi) is 5.27. The SMILES string of the molecule is CNCC(c1cccc(C(F)(F)F)c1)C1CCN(C)CC1. The Labute approximate surface area is 124 Å². The molecule has 1 aliphatic rings. The first-order valence-electron chi connectivity index (χ1n) is 7.42. The molecule has 1 N–H and O–H groups in total. The van der Waals surface area contributed by atoms with Crippen LogP contribution in [0.2, 0.25) is 0 Å². The van der Waals surface area contributed by atoms with Gasteiger partial charge in [0.05, 0.1) is 5.56 Å². The topological polar surface area (TPSA) is 15.3 Å². The van der Waals surface area contributed by atoms with Gasteiger partial charge in [-0.15, -0.1) is 0 Å². The number of alkyl halides is 3. The number of likely N-dealkylation sites (N-methyl/N-ethyl adjacent to an activating group) is 1. The number of rotatable bonds is 4. The number of hydrogen-bond acceptors (Lipinski definition) is 2. The molecule has 1 unspecified atom stereocenters. The average Bonchev–Trinajstić information content (AvgIpc) is 2.45. The van der Waals surface area contributed by atoms with Crippen molar-refractivity contribution in [1.29, 1.82) is 0 Å². The highest BCUT2D eigenvalue weighted by Crippen LogP contribution is 2.35. The van der Waals surface area contributed by atoms with E-state index in [1.807, 2.05) is 13.1 Å². The molecule has 1 saturated heterocycles. The summed E-state index contributed by atoms with van der Waals surface area (Å²) in [5.74, 6) is 0.586. The Hall–Kier alpha value is -1.07. The molecular formula is C16H23F3N2. The standard InChI is InChI=1S/C16H23F3N2/c1-20-11-15(12-6-8-21(2)9-7-12)13-4-3-5-14(10-13)16(17,18)19/h3-5,10,12,15,20H,6-9,11H2,1-2H3. The molecule has 5 heteroatoms. The molecule has 21 heavy (non-hydrogen) atoms. The Morgan fingerprint density at radius 1 is 1.29 bits per heavy atom. The number of benzene rings is 1. The van der Waals surface area contributed by atoms with Crippen LogP contribution in [0.15, 0.2) is 24.3 Å². The fraction of sp³-hybridized carbons (Fsp3) is 0.625. The minimum Gasteiger partial charge on any atom is -0.319 e. The van der Waals surface area contributed by atoms with Gasteiger partial charge >= 0.3 is 6.18 Å². The normalized spacial score (nSPS) is 19.7. The van der Waals surface area contributed by atoms with Crippen LogP contribution in [0.1, 0.15) is 29.9 Å². The van der Waals surface area contributed by atoms with Crippen molar-refractivity contribution in [2.24, 2.45) is 5.92 Å². The van der Waals surface area contributed by atoms with Gasteiger partial charge < -0.3 is 10.2 Å². The molecule has 0 radical (unpaired) electrons. The molecule has 118 valence electrons. The van der Waals surface area contributed by atoms with E-state index >= 15 is 0 Å². The summed E-state index contributed by atoms with van der Waals surface area (Å²) < 4.78 is 38.7. The third kappa shape index (κ3) is 4.20. The minimum atomic E-state index is -4.27. The maximum atomic E-state index is 12.9. The first-order valence-corrected chi connectivity index (χ1v) is 7.42. The second-order valence-corrected chi connectivity index (χ2v) is 5.93. The third-order valence-electron chi connectivity index (χ3n) is 4.40. The third-order valence-corrected chi connectivity index (χ3v) is 4.40. The molecule has 0 aliphatic carbocycles. The van der Waals surface area contributed by atoms with Crippen LogP contribution in [0.4, 0.5) is 13.2 Å². The van der Waals surface area contributed by atoms with Crippen LogP contribution in [0.3, 0.4) is 0 Å². The van der Waals surface area contributed by atoms with Crippen LogP contribution >= 0.6 is 0 Å². The van der Waals surface area contributed by atoms with Gasteiger partial charge in [-0.25, -0.2) is 0 Å². The smallest absolute Gasteiger partial charge is 0.319 e. The predicted octanol–water partition coefficient (Wildman–Crippen LogP) is 3.35. The van der Waals surface area contributed by atoms with Crippen LogP contribution in [-0.2, 0) is 6.18 Å². The zero-order valence-corrected chi connectivity index (χ0v) is 12.6. The lowest BCUT2D eigenvalue weighted by molar-refractivity contribution is -0.137. The van der Waals surface area contributed by atoms with Gasteiger partial charge in [-0.1, -0.05) is 18.2 Å². The Morgan fingerprint density at radius 3 is 2.52 bits per heavy atom. The summed E-state index contributed by atoms with van der Waals surface area (Å²) in [4.78, 5) is 2.28. The first-order chi connectivity index (χ1) is 9.91. The molecule has 1 atom stereocenters. The molecule has 0 saturated carbocycles.